The molecule has 2 N–H and O–H groups in total. The first-order valence-electron chi connectivity index (χ1n) is 11.3. The van der Waals surface area contributed by atoms with Crippen LogP contribution in [0.5, 0.6) is 0 Å². The molecule has 0 radical (unpaired) electrons. The van der Waals surface area contributed by atoms with Crippen LogP contribution in [0.1, 0.15) is 71.6 Å². The SMILES string of the molecule is CCCCCC(C)(O)/C=C/C1C(C/C=C/CCCC(=O)O)C2(C[C@H]1C#N)OCCO2. The van der Waals surface area contributed by atoms with Crippen LogP contribution >= 0.6 is 0 Å². The van der Waals surface area contributed by atoms with Gasteiger partial charge in [0.2, 0.25) is 0 Å². The van der Waals surface area contributed by atoms with E-state index in [-0.39, 0.29) is 24.2 Å². The molecular weight excluding hydrogens is 382 g/mol. The van der Waals surface area contributed by atoms with Gasteiger partial charge in [-0.1, -0.05) is 50.5 Å². The summed E-state index contributed by atoms with van der Waals surface area (Å²) in [5.74, 6) is -1.82. The second kappa shape index (κ2) is 11.6. The third-order valence-corrected chi connectivity index (χ3v) is 6.22. The van der Waals surface area contributed by atoms with Crippen LogP contribution in [0.15, 0.2) is 24.3 Å². The van der Waals surface area contributed by atoms with Gasteiger partial charge in [0, 0.05) is 24.7 Å². The first-order chi connectivity index (χ1) is 14.3. The Morgan fingerprint density at radius 2 is 2.00 bits per heavy atom. The number of aliphatic carboxylic acids is 1. The largest absolute Gasteiger partial charge is 0.481 e. The molecule has 2 rings (SSSR count). The van der Waals surface area contributed by atoms with E-state index in [1.54, 1.807) is 0 Å². The Hall–Kier alpha value is -1.68. The lowest BCUT2D eigenvalue weighted by Gasteiger charge is -2.31. The van der Waals surface area contributed by atoms with Crippen LogP contribution < -0.4 is 0 Å². The topological polar surface area (TPSA) is 99.8 Å². The quantitative estimate of drug-likeness (QED) is 0.354. The van der Waals surface area contributed by atoms with E-state index in [9.17, 15) is 15.2 Å². The summed E-state index contributed by atoms with van der Waals surface area (Å²) in [6.45, 7) is 5.02. The second-order valence-corrected chi connectivity index (χ2v) is 8.80. The normalized spacial score (nSPS) is 27.7. The smallest absolute Gasteiger partial charge is 0.303 e. The van der Waals surface area contributed by atoms with Crippen LogP contribution in [0, 0.1) is 29.1 Å². The van der Waals surface area contributed by atoms with Crippen molar-refractivity contribution in [3.8, 4) is 6.07 Å². The predicted octanol–water partition coefficient (Wildman–Crippen LogP) is 4.59. The maximum Gasteiger partial charge on any atom is 0.303 e. The van der Waals surface area contributed by atoms with Gasteiger partial charge in [-0.15, -0.1) is 0 Å². The number of carbonyl (C=O) groups is 1. The van der Waals surface area contributed by atoms with Crippen molar-refractivity contribution in [3.05, 3.63) is 24.3 Å². The fraction of sp³-hybridized carbons (Fsp3) is 0.750. The highest BCUT2D eigenvalue weighted by Crippen LogP contribution is 2.51. The van der Waals surface area contributed by atoms with Crippen molar-refractivity contribution >= 4 is 5.97 Å². The van der Waals surface area contributed by atoms with E-state index in [4.69, 9.17) is 14.6 Å². The zero-order chi connectivity index (χ0) is 22.0. The molecule has 1 aliphatic heterocycles. The van der Waals surface area contributed by atoms with Crippen molar-refractivity contribution in [2.45, 2.75) is 83.0 Å². The van der Waals surface area contributed by atoms with E-state index in [0.29, 0.717) is 45.3 Å². The molecule has 0 aromatic carbocycles. The molecule has 0 aromatic rings. The van der Waals surface area contributed by atoms with Crippen LogP contribution in [-0.2, 0) is 14.3 Å². The van der Waals surface area contributed by atoms with Gasteiger partial charge >= 0.3 is 5.97 Å². The number of hydrogen-bond acceptors (Lipinski definition) is 5. The summed E-state index contributed by atoms with van der Waals surface area (Å²) in [5.41, 5.74) is -0.889. The zero-order valence-electron chi connectivity index (χ0n) is 18.4. The molecule has 6 nitrogen and oxygen atoms in total. The monoisotopic (exact) mass is 419 g/mol. The number of hydrogen-bond donors (Lipinski definition) is 2. The highest BCUT2D eigenvalue weighted by Gasteiger charge is 2.56. The number of aliphatic hydroxyl groups is 1. The maximum atomic E-state index is 10.7. The highest BCUT2D eigenvalue weighted by atomic mass is 16.7. The molecule has 30 heavy (non-hydrogen) atoms. The lowest BCUT2D eigenvalue weighted by molar-refractivity contribution is -0.184. The molecule has 4 atom stereocenters. The average Bonchev–Trinajstić information content (AvgIpc) is 3.28. The van der Waals surface area contributed by atoms with Crippen LogP contribution in [0.3, 0.4) is 0 Å². The van der Waals surface area contributed by atoms with Crippen molar-refractivity contribution in [2.24, 2.45) is 17.8 Å². The number of carboxylic acid groups (broad SMARTS) is 1. The highest BCUT2D eigenvalue weighted by molar-refractivity contribution is 5.66. The second-order valence-electron chi connectivity index (χ2n) is 8.80. The third-order valence-electron chi connectivity index (χ3n) is 6.22. The van der Waals surface area contributed by atoms with Gasteiger partial charge in [-0.2, -0.15) is 5.26 Å². The third kappa shape index (κ3) is 6.94. The van der Waals surface area contributed by atoms with E-state index in [0.717, 1.165) is 19.3 Å². The molecule has 2 aliphatic rings. The summed E-state index contributed by atoms with van der Waals surface area (Å²) in [7, 11) is 0. The van der Waals surface area contributed by atoms with Crippen molar-refractivity contribution < 1.29 is 24.5 Å². The number of allylic oxidation sites excluding steroid dienone is 3. The first kappa shape index (κ1) is 24.6. The summed E-state index contributed by atoms with van der Waals surface area (Å²) in [6, 6.07) is 2.42. The average molecular weight is 420 g/mol. The van der Waals surface area contributed by atoms with E-state index in [1.165, 1.54) is 0 Å². The Bertz CT molecular complexity index is 642. The van der Waals surface area contributed by atoms with Crippen LogP contribution in [0.2, 0.25) is 0 Å². The number of nitriles is 1. The first-order valence-corrected chi connectivity index (χ1v) is 11.3. The summed E-state index contributed by atoms with van der Waals surface area (Å²) < 4.78 is 12.0. The van der Waals surface area contributed by atoms with Crippen molar-refractivity contribution in [1.82, 2.24) is 0 Å². The van der Waals surface area contributed by atoms with Gasteiger partial charge in [0.1, 0.15) is 0 Å². The van der Waals surface area contributed by atoms with Crippen molar-refractivity contribution in [2.75, 3.05) is 13.2 Å². The number of unbranched alkanes of at least 4 members (excludes halogenated alkanes) is 3. The molecular formula is C24H37NO5. The fourth-order valence-electron chi connectivity index (χ4n) is 4.57. The summed E-state index contributed by atoms with van der Waals surface area (Å²) in [5, 5.41) is 29.2. The van der Waals surface area contributed by atoms with Gasteiger partial charge in [0.05, 0.1) is 30.8 Å². The summed E-state index contributed by atoms with van der Waals surface area (Å²) in [4.78, 5) is 10.6. The Kier molecular flexibility index (Phi) is 9.54. The van der Waals surface area contributed by atoms with Crippen LogP contribution in [0.25, 0.3) is 0 Å². The van der Waals surface area contributed by atoms with E-state index < -0.39 is 17.4 Å². The van der Waals surface area contributed by atoms with Gasteiger partial charge in [-0.3, -0.25) is 4.79 Å². The number of rotatable bonds is 12. The van der Waals surface area contributed by atoms with Gasteiger partial charge < -0.3 is 19.7 Å². The van der Waals surface area contributed by atoms with Crippen molar-refractivity contribution in [3.63, 3.8) is 0 Å². The number of carboxylic acids is 1. The van der Waals surface area contributed by atoms with Gasteiger partial charge in [0.25, 0.3) is 0 Å². The minimum atomic E-state index is -0.889. The Morgan fingerprint density at radius 1 is 1.27 bits per heavy atom. The number of ether oxygens (including phenoxy) is 2. The molecule has 1 heterocycles. The van der Waals surface area contributed by atoms with Gasteiger partial charge in [-0.05, 0) is 32.6 Å². The molecule has 1 aliphatic carbocycles. The molecule has 1 spiro atoms. The maximum absolute atomic E-state index is 10.7. The lowest BCUT2D eigenvalue weighted by Crippen LogP contribution is -2.36. The van der Waals surface area contributed by atoms with E-state index >= 15 is 0 Å². The molecule has 0 aromatic heterocycles. The lowest BCUT2D eigenvalue weighted by atomic mass is 9.84. The Morgan fingerprint density at radius 3 is 2.63 bits per heavy atom. The molecule has 1 saturated carbocycles. The minimum Gasteiger partial charge on any atom is -0.481 e. The molecule has 1 saturated heterocycles. The van der Waals surface area contributed by atoms with E-state index in [2.05, 4.69) is 19.1 Å². The van der Waals surface area contributed by atoms with Crippen LogP contribution in [0.4, 0.5) is 0 Å². The molecule has 0 bridgehead atoms. The summed E-state index contributed by atoms with van der Waals surface area (Å²) >= 11 is 0. The molecule has 6 heteroatoms. The number of nitrogens with zero attached hydrogens (tertiary/aromatic N) is 1. The standard InChI is InChI=1S/C24H37NO5/c1-3-4-9-13-23(2,28)14-12-20-19(18-25)17-24(29-15-16-30-24)21(20)10-7-5-6-8-11-22(26)27/h5,7,12,14,19-21,28H,3-4,6,8-11,13,15-17H2,1-2H3,(H,26,27)/b7-5+,14-12+/t19-,20?,21?,23?/m0/s1. The predicted molar refractivity (Wildman–Crippen MR) is 114 cm³/mol. The molecule has 168 valence electrons. The zero-order valence-corrected chi connectivity index (χ0v) is 18.4. The van der Waals surface area contributed by atoms with Gasteiger partial charge in [-0.25, -0.2) is 0 Å². The summed E-state index contributed by atoms with van der Waals surface area (Å²) in [6.07, 6.45) is 14.5. The van der Waals surface area contributed by atoms with E-state index in [1.807, 2.05) is 25.2 Å². The minimum absolute atomic E-state index is 0.0111. The van der Waals surface area contributed by atoms with Gasteiger partial charge in [0.15, 0.2) is 5.79 Å². The van der Waals surface area contributed by atoms with Crippen LogP contribution in [-0.4, -0.2) is 40.8 Å². The molecule has 0 amide bonds. The Labute approximate surface area is 180 Å². The fourth-order valence-corrected chi connectivity index (χ4v) is 4.57. The molecule has 2 fully saturated rings. The molecule has 3 unspecified atom stereocenters. The Balaban J connectivity index is 2.09. The van der Waals surface area contributed by atoms with Crippen molar-refractivity contribution in [1.29, 1.82) is 5.26 Å².